The van der Waals surface area contributed by atoms with Crippen LogP contribution < -0.4 is 10.1 Å². The summed E-state index contributed by atoms with van der Waals surface area (Å²) in [7, 11) is 3.56. The number of anilines is 1. The summed E-state index contributed by atoms with van der Waals surface area (Å²) in [5, 5.41) is 3.12. The quantitative estimate of drug-likeness (QED) is 0.882. The van der Waals surface area contributed by atoms with Crippen LogP contribution in [0.25, 0.3) is 0 Å². The lowest BCUT2D eigenvalue weighted by Gasteiger charge is -2.29. The lowest BCUT2D eigenvalue weighted by Crippen LogP contribution is -2.32. The molecule has 1 aliphatic rings. The summed E-state index contributed by atoms with van der Waals surface area (Å²) >= 11 is 0. The Bertz CT molecular complexity index is 416. The van der Waals surface area contributed by atoms with Gasteiger partial charge in [-0.3, -0.25) is 0 Å². The van der Waals surface area contributed by atoms with E-state index in [1.165, 1.54) is 26.5 Å². The molecule has 5 nitrogen and oxygen atoms in total. The minimum atomic E-state index is -0.540. The zero-order chi connectivity index (χ0) is 13.7. The molecule has 106 valence electrons. The van der Waals surface area contributed by atoms with Crippen LogP contribution in [0.15, 0.2) is 6.20 Å². The Kier molecular flexibility index (Phi) is 4.90. The Balaban J connectivity index is 1.79. The third-order valence-electron chi connectivity index (χ3n) is 3.46. The molecule has 2 rings (SSSR count). The summed E-state index contributed by atoms with van der Waals surface area (Å²) in [5.74, 6) is 0.577. The van der Waals surface area contributed by atoms with E-state index in [9.17, 15) is 4.39 Å². The molecule has 0 bridgehead atoms. The fourth-order valence-corrected chi connectivity index (χ4v) is 2.48. The molecule has 19 heavy (non-hydrogen) atoms. The first-order chi connectivity index (χ1) is 9.19. The number of nitrogens with zero attached hydrogens (tertiary/aromatic N) is 3. The van der Waals surface area contributed by atoms with Gasteiger partial charge in [0.25, 0.3) is 5.88 Å². The molecule has 0 amide bonds. The van der Waals surface area contributed by atoms with E-state index in [0.29, 0.717) is 11.9 Å². The number of ether oxygens (including phenoxy) is 1. The molecule has 0 unspecified atom stereocenters. The standard InChI is InChI=1S/C13H21FN4O/c1-18-7-3-4-10(9-18)5-6-15-13-16-8-11(14)12(17-13)19-2/h8,10H,3-7,9H2,1-2H3,(H,15,16,17)/t10-/m1/s1. The molecule has 1 aliphatic heterocycles. The minimum absolute atomic E-state index is 0.0186. The van der Waals surface area contributed by atoms with Gasteiger partial charge in [-0.05, 0) is 38.8 Å². The van der Waals surface area contributed by atoms with Crippen molar-refractivity contribution < 1.29 is 9.13 Å². The molecule has 0 aliphatic carbocycles. The van der Waals surface area contributed by atoms with Crippen molar-refractivity contribution in [3.8, 4) is 5.88 Å². The maximum Gasteiger partial charge on any atom is 0.255 e. The first-order valence-electron chi connectivity index (χ1n) is 6.68. The third-order valence-corrected chi connectivity index (χ3v) is 3.46. The van der Waals surface area contributed by atoms with Gasteiger partial charge in [-0.1, -0.05) is 0 Å². The normalized spacial score (nSPS) is 20.3. The van der Waals surface area contributed by atoms with E-state index in [4.69, 9.17) is 4.74 Å². The molecule has 0 radical (unpaired) electrons. The van der Waals surface area contributed by atoms with E-state index in [2.05, 4.69) is 27.2 Å². The summed E-state index contributed by atoms with van der Waals surface area (Å²) in [6.45, 7) is 3.14. The maximum atomic E-state index is 13.1. The predicted octanol–water partition coefficient (Wildman–Crippen LogP) is 1.77. The van der Waals surface area contributed by atoms with E-state index in [-0.39, 0.29) is 5.88 Å². The monoisotopic (exact) mass is 268 g/mol. The molecule has 1 aromatic rings. The van der Waals surface area contributed by atoms with Crippen LogP contribution in [0.4, 0.5) is 10.3 Å². The summed E-state index contributed by atoms with van der Waals surface area (Å²) in [5.41, 5.74) is 0. The van der Waals surface area contributed by atoms with Crippen molar-refractivity contribution >= 4 is 5.95 Å². The molecule has 2 heterocycles. The largest absolute Gasteiger partial charge is 0.479 e. The van der Waals surface area contributed by atoms with Gasteiger partial charge in [0.2, 0.25) is 11.8 Å². The Morgan fingerprint density at radius 3 is 3.16 bits per heavy atom. The molecular formula is C13H21FN4O. The smallest absolute Gasteiger partial charge is 0.255 e. The van der Waals surface area contributed by atoms with Crippen LogP contribution in [-0.4, -0.2) is 48.7 Å². The van der Waals surface area contributed by atoms with Crippen molar-refractivity contribution in [1.82, 2.24) is 14.9 Å². The Morgan fingerprint density at radius 2 is 2.42 bits per heavy atom. The first kappa shape index (κ1) is 14.0. The zero-order valence-corrected chi connectivity index (χ0v) is 11.5. The van der Waals surface area contributed by atoms with Crippen LogP contribution >= 0.6 is 0 Å². The highest BCUT2D eigenvalue weighted by Crippen LogP contribution is 2.18. The average molecular weight is 268 g/mol. The van der Waals surface area contributed by atoms with Gasteiger partial charge in [0.15, 0.2) is 0 Å². The third kappa shape index (κ3) is 4.02. The molecule has 0 aromatic carbocycles. The van der Waals surface area contributed by atoms with Gasteiger partial charge in [-0.25, -0.2) is 4.98 Å². The highest BCUT2D eigenvalue weighted by molar-refractivity contribution is 5.28. The molecule has 1 atom stereocenters. The van der Waals surface area contributed by atoms with Gasteiger partial charge < -0.3 is 15.0 Å². The summed E-state index contributed by atoms with van der Waals surface area (Å²) in [6.07, 6.45) is 4.75. The van der Waals surface area contributed by atoms with Gasteiger partial charge >= 0.3 is 0 Å². The molecule has 6 heteroatoms. The fourth-order valence-electron chi connectivity index (χ4n) is 2.48. The minimum Gasteiger partial charge on any atom is -0.479 e. The van der Waals surface area contributed by atoms with Gasteiger partial charge in [-0.15, -0.1) is 0 Å². The second kappa shape index (κ2) is 6.65. The fraction of sp³-hybridized carbons (Fsp3) is 0.692. The van der Waals surface area contributed by atoms with Crippen molar-refractivity contribution in [2.75, 3.05) is 39.1 Å². The van der Waals surface area contributed by atoms with Crippen LogP contribution in [0.2, 0.25) is 0 Å². The van der Waals surface area contributed by atoms with Crippen molar-refractivity contribution in [3.63, 3.8) is 0 Å². The first-order valence-corrected chi connectivity index (χ1v) is 6.68. The maximum absolute atomic E-state index is 13.1. The summed E-state index contributed by atoms with van der Waals surface area (Å²) < 4.78 is 18.0. The number of methoxy groups -OCH3 is 1. The number of aromatic nitrogens is 2. The number of hydrogen-bond acceptors (Lipinski definition) is 5. The van der Waals surface area contributed by atoms with Gasteiger partial charge in [0, 0.05) is 13.1 Å². The molecule has 1 saturated heterocycles. The second-order valence-corrected chi connectivity index (χ2v) is 5.04. The van der Waals surface area contributed by atoms with Crippen LogP contribution in [-0.2, 0) is 0 Å². The van der Waals surface area contributed by atoms with E-state index in [0.717, 1.165) is 25.7 Å². The van der Waals surface area contributed by atoms with Crippen molar-refractivity contribution in [3.05, 3.63) is 12.0 Å². The molecular weight excluding hydrogens is 247 g/mol. The number of nitrogens with one attached hydrogen (secondary N) is 1. The number of piperidine rings is 1. The average Bonchev–Trinajstić information content (AvgIpc) is 2.41. The Labute approximate surface area is 113 Å². The zero-order valence-electron chi connectivity index (χ0n) is 11.5. The lowest BCUT2D eigenvalue weighted by atomic mass is 9.95. The Hall–Kier alpha value is -1.43. The predicted molar refractivity (Wildman–Crippen MR) is 71.9 cm³/mol. The van der Waals surface area contributed by atoms with E-state index in [1.54, 1.807) is 0 Å². The molecule has 1 N–H and O–H groups in total. The second-order valence-electron chi connectivity index (χ2n) is 5.04. The van der Waals surface area contributed by atoms with Crippen molar-refractivity contribution in [1.29, 1.82) is 0 Å². The van der Waals surface area contributed by atoms with E-state index in [1.807, 2.05) is 0 Å². The van der Waals surface area contributed by atoms with Crippen LogP contribution in [0.5, 0.6) is 5.88 Å². The number of halogens is 1. The highest BCUT2D eigenvalue weighted by Gasteiger charge is 2.16. The SMILES string of the molecule is COc1nc(NCC[C@H]2CCCN(C)C2)ncc1F. The summed E-state index contributed by atoms with van der Waals surface area (Å²) in [6, 6.07) is 0. The molecule has 1 aromatic heterocycles. The van der Waals surface area contributed by atoms with E-state index < -0.39 is 5.82 Å². The van der Waals surface area contributed by atoms with Crippen LogP contribution in [0.3, 0.4) is 0 Å². The summed E-state index contributed by atoms with van der Waals surface area (Å²) in [4.78, 5) is 10.2. The Morgan fingerprint density at radius 1 is 1.58 bits per heavy atom. The topological polar surface area (TPSA) is 50.3 Å². The number of rotatable bonds is 5. The molecule has 0 saturated carbocycles. The number of hydrogen-bond donors (Lipinski definition) is 1. The highest BCUT2D eigenvalue weighted by atomic mass is 19.1. The molecule has 0 spiro atoms. The van der Waals surface area contributed by atoms with Crippen LogP contribution in [0.1, 0.15) is 19.3 Å². The van der Waals surface area contributed by atoms with Gasteiger partial charge in [-0.2, -0.15) is 9.37 Å². The van der Waals surface area contributed by atoms with Crippen LogP contribution in [0, 0.1) is 11.7 Å². The van der Waals surface area contributed by atoms with E-state index >= 15 is 0 Å². The number of likely N-dealkylation sites (tertiary alicyclic amines) is 1. The van der Waals surface area contributed by atoms with Gasteiger partial charge in [0.1, 0.15) is 0 Å². The molecule has 1 fully saturated rings. The lowest BCUT2D eigenvalue weighted by molar-refractivity contribution is 0.205. The van der Waals surface area contributed by atoms with Crippen molar-refractivity contribution in [2.45, 2.75) is 19.3 Å². The van der Waals surface area contributed by atoms with Crippen molar-refractivity contribution in [2.24, 2.45) is 5.92 Å². The van der Waals surface area contributed by atoms with Gasteiger partial charge in [0.05, 0.1) is 13.3 Å².